The molecule has 0 aliphatic rings. The summed E-state index contributed by atoms with van der Waals surface area (Å²) in [5.74, 6) is -0.0644. The molecule has 0 unspecified atom stereocenters. The zero-order valence-corrected chi connectivity index (χ0v) is 13.0. The van der Waals surface area contributed by atoms with Crippen LogP contribution >= 0.6 is 12.2 Å². The molecule has 6 heteroatoms. The summed E-state index contributed by atoms with van der Waals surface area (Å²) in [5, 5.41) is 0. The Morgan fingerprint density at radius 2 is 2.00 bits per heavy atom. The van der Waals surface area contributed by atoms with Gasteiger partial charge in [0.15, 0.2) is 9.84 Å². The van der Waals surface area contributed by atoms with Crippen LogP contribution in [0.4, 0.5) is 0 Å². The lowest BCUT2D eigenvalue weighted by molar-refractivity contribution is 0.00644. The van der Waals surface area contributed by atoms with Crippen LogP contribution in [0.5, 0.6) is 0 Å². The zero-order chi connectivity index (χ0) is 14.7. The lowest BCUT2D eigenvalue weighted by Crippen LogP contribution is -2.23. The van der Waals surface area contributed by atoms with Gasteiger partial charge in [-0.1, -0.05) is 24.4 Å². The minimum atomic E-state index is -3.38. The molecular formula is C13H19NO3S2. The highest BCUT2D eigenvalue weighted by Gasteiger charge is 2.17. The molecule has 0 bridgehead atoms. The van der Waals surface area contributed by atoms with Crippen LogP contribution in [0.15, 0.2) is 29.2 Å². The van der Waals surface area contributed by atoms with E-state index in [9.17, 15) is 8.42 Å². The molecule has 0 heterocycles. The number of ether oxygens (including phenoxy) is 1. The highest BCUT2D eigenvalue weighted by Crippen LogP contribution is 2.14. The van der Waals surface area contributed by atoms with Crippen LogP contribution in [0.2, 0.25) is 0 Å². The molecular weight excluding hydrogens is 282 g/mol. The van der Waals surface area contributed by atoms with E-state index in [2.05, 4.69) is 0 Å². The summed E-state index contributed by atoms with van der Waals surface area (Å²) < 4.78 is 29.7. The molecule has 0 amide bonds. The first-order chi connectivity index (χ1) is 8.62. The van der Waals surface area contributed by atoms with Crippen molar-refractivity contribution in [3.8, 4) is 0 Å². The monoisotopic (exact) mass is 301 g/mol. The van der Waals surface area contributed by atoms with Crippen LogP contribution < -0.4 is 5.73 Å². The van der Waals surface area contributed by atoms with E-state index in [0.717, 1.165) is 0 Å². The van der Waals surface area contributed by atoms with E-state index in [0.29, 0.717) is 5.56 Å². The first-order valence-corrected chi connectivity index (χ1v) is 7.94. The first kappa shape index (κ1) is 16.1. The van der Waals surface area contributed by atoms with E-state index in [1.54, 1.807) is 12.1 Å². The van der Waals surface area contributed by atoms with Gasteiger partial charge in [-0.05, 0) is 32.9 Å². The number of sulfone groups is 1. The molecule has 106 valence electrons. The van der Waals surface area contributed by atoms with Crippen LogP contribution in [0.1, 0.15) is 26.3 Å². The van der Waals surface area contributed by atoms with Gasteiger partial charge in [0.2, 0.25) is 0 Å². The Morgan fingerprint density at radius 1 is 1.37 bits per heavy atom. The Labute approximate surface area is 119 Å². The number of nitrogens with two attached hydrogens (primary N) is 1. The molecule has 0 fully saturated rings. The van der Waals surface area contributed by atoms with Gasteiger partial charge < -0.3 is 10.5 Å². The third-order valence-electron chi connectivity index (χ3n) is 2.36. The maximum Gasteiger partial charge on any atom is 0.180 e. The molecule has 0 saturated carbocycles. The summed E-state index contributed by atoms with van der Waals surface area (Å²) in [6, 6.07) is 6.35. The van der Waals surface area contributed by atoms with E-state index < -0.39 is 9.84 Å². The van der Waals surface area contributed by atoms with Crippen molar-refractivity contribution in [2.45, 2.75) is 31.3 Å². The molecule has 1 aromatic rings. The van der Waals surface area contributed by atoms with Crippen molar-refractivity contribution in [3.63, 3.8) is 0 Å². The Hall–Kier alpha value is -0.980. The predicted molar refractivity (Wildman–Crippen MR) is 80.1 cm³/mol. The van der Waals surface area contributed by atoms with E-state index in [4.69, 9.17) is 22.7 Å². The third-order valence-corrected chi connectivity index (χ3v) is 4.28. The van der Waals surface area contributed by atoms with Crippen molar-refractivity contribution < 1.29 is 13.2 Å². The average Bonchev–Trinajstić information content (AvgIpc) is 2.27. The quantitative estimate of drug-likeness (QED) is 0.841. The lowest BCUT2D eigenvalue weighted by atomic mass is 10.2. The Kier molecular flexibility index (Phi) is 5.06. The van der Waals surface area contributed by atoms with Gasteiger partial charge >= 0.3 is 0 Å². The Balaban J connectivity index is 2.83. The van der Waals surface area contributed by atoms with Gasteiger partial charge in [0.25, 0.3) is 0 Å². The highest BCUT2D eigenvalue weighted by atomic mass is 32.2. The SMILES string of the molecule is CC(C)(C)OCCS(=O)(=O)c1cccc(C(N)=S)c1. The van der Waals surface area contributed by atoms with Crippen molar-refractivity contribution in [1.29, 1.82) is 0 Å². The number of rotatable bonds is 5. The summed E-state index contributed by atoms with van der Waals surface area (Å²) in [6.45, 7) is 5.80. The fourth-order valence-corrected chi connectivity index (χ4v) is 2.68. The van der Waals surface area contributed by atoms with Crippen LogP contribution in [-0.4, -0.2) is 31.4 Å². The number of benzene rings is 1. The van der Waals surface area contributed by atoms with Crippen molar-refractivity contribution >= 4 is 27.0 Å². The van der Waals surface area contributed by atoms with Gasteiger partial charge in [0.05, 0.1) is 22.9 Å². The molecule has 1 aromatic carbocycles. The maximum atomic E-state index is 12.1. The van der Waals surface area contributed by atoms with Gasteiger partial charge in [-0.2, -0.15) is 0 Å². The molecule has 2 N–H and O–H groups in total. The van der Waals surface area contributed by atoms with Crippen molar-refractivity contribution in [2.75, 3.05) is 12.4 Å². The van der Waals surface area contributed by atoms with Gasteiger partial charge in [-0.25, -0.2) is 8.42 Å². The smallest absolute Gasteiger partial charge is 0.180 e. The van der Waals surface area contributed by atoms with Gasteiger partial charge in [0, 0.05) is 5.56 Å². The van der Waals surface area contributed by atoms with Gasteiger partial charge in [0.1, 0.15) is 4.99 Å². The molecule has 0 aliphatic heterocycles. The normalized spacial score (nSPS) is 12.4. The summed E-state index contributed by atoms with van der Waals surface area (Å²) in [7, 11) is -3.38. The second kappa shape index (κ2) is 5.98. The summed E-state index contributed by atoms with van der Waals surface area (Å²) in [5.41, 5.74) is 5.69. The van der Waals surface area contributed by atoms with Crippen LogP contribution in [0, 0.1) is 0 Å². The average molecular weight is 301 g/mol. The van der Waals surface area contributed by atoms with Gasteiger partial charge in [-0.15, -0.1) is 0 Å². The summed E-state index contributed by atoms with van der Waals surface area (Å²) in [4.78, 5) is 0.401. The van der Waals surface area contributed by atoms with E-state index in [-0.39, 0.29) is 27.8 Å². The standard InChI is InChI=1S/C13H19NO3S2/c1-13(2,3)17-7-8-19(15,16)11-6-4-5-10(9-11)12(14)18/h4-6,9H,7-8H2,1-3H3,(H2,14,18). The molecule has 0 atom stereocenters. The largest absolute Gasteiger partial charge is 0.389 e. The summed E-state index contributed by atoms with van der Waals surface area (Å²) in [6.07, 6.45) is 0. The number of hydrogen-bond acceptors (Lipinski definition) is 4. The number of hydrogen-bond donors (Lipinski definition) is 1. The van der Waals surface area contributed by atoms with Crippen molar-refractivity contribution in [1.82, 2.24) is 0 Å². The Bertz CT molecular complexity index is 559. The topological polar surface area (TPSA) is 69.4 Å². The second-order valence-corrected chi connectivity index (χ2v) is 7.72. The molecule has 0 spiro atoms. The van der Waals surface area contributed by atoms with Crippen molar-refractivity contribution in [2.24, 2.45) is 5.73 Å². The fraction of sp³-hybridized carbons (Fsp3) is 0.462. The van der Waals surface area contributed by atoms with Crippen molar-refractivity contribution in [3.05, 3.63) is 29.8 Å². The minimum Gasteiger partial charge on any atom is -0.389 e. The van der Waals surface area contributed by atoms with Crippen LogP contribution in [-0.2, 0) is 14.6 Å². The lowest BCUT2D eigenvalue weighted by Gasteiger charge is -2.19. The number of thiocarbonyl (C=S) groups is 1. The molecule has 0 saturated heterocycles. The van der Waals surface area contributed by atoms with Crippen LogP contribution in [0.25, 0.3) is 0 Å². The highest BCUT2D eigenvalue weighted by molar-refractivity contribution is 7.91. The molecule has 1 rings (SSSR count). The fourth-order valence-electron chi connectivity index (χ4n) is 1.42. The van der Waals surface area contributed by atoms with Crippen LogP contribution in [0.3, 0.4) is 0 Å². The predicted octanol–water partition coefficient (Wildman–Crippen LogP) is 1.91. The Morgan fingerprint density at radius 3 is 2.53 bits per heavy atom. The minimum absolute atomic E-state index is 0.0644. The van der Waals surface area contributed by atoms with E-state index in [1.165, 1.54) is 12.1 Å². The second-order valence-electron chi connectivity index (χ2n) is 5.17. The molecule has 4 nitrogen and oxygen atoms in total. The summed E-state index contributed by atoms with van der Waals surface area (Å²) >= 11 is 4.84. The first-order valence-electron chi connectivity index (χ1n) is 5.88. The molecule has 0 aliphatic carbocycles. The third kappa shape index (κ3) is 5.26. The maximum absolute atomic E-state index is 12.1. The molecule has 19 heavy (non-hydrogen) atoms. The molecule has 0 aromatic heterocycles. The van der Waals surface area contributed by atoms with Gasteiger partial charge in [-0.3, -0.25) is 0 Å². The van der Waals surface area contributed by atoms with E-state index >= 15 is 0 Å². The zero-order valence-electron chi connectivity index (χ0n) is 11.3. The van der Waals surface area contributed by atoms with E-state index in [1.807, 2.05) is 20.8 Å². The molecule has 0 radical (unpaired) electrons.